The van der Waals surface area contributed by atoms with Gasteiger partial charge in [-0.1, -0.05) is 28.9 Å². The van der Waals surface area contributed by atoms with Crippen molar-refractivity contribution in [1.29, 1.82) is 0 Å². The molecule has 1 aliphatic carbocycles. The Labute approximate surface area is 180 Å². The molecule has 4 rings (SSSR count). The van der Waals surface area contributed by atoms with Gasteiger partial charge >= 0.3 is 0 Å². The zero-order valence-corrected chi connectivity index (χ0v) is 17.9. The number of hydrogen-bond acceptors (Lipinski definition) is 5. The zero-order chi connectivity index (χ0) is 21.1. The summed E-state index contributed by atoms with van der Waals surface area (Å²) in [5.41, 5.74) is 3.36. The van der Waals surface area contributed by atoms with E-state index in [0.717, 1.165) is 30.6 Å². The first kappa shape index (κ1) is 20.4. The van der Waals surface area contributed by atoms with Gasteiger partial charge in [-0.2, -0.15) is 4.98 Å². The van der Waals surface area contributed by atoms with Crippen LogP contribution < -0.4 is 4.74 Å². The van der Waals surface area contributed by atoms with Gasteiger partial charge in [-0.3, -0.25) is 4.79 Å². The number of amides is 1. The molecule has 6 nitrogen and oxygen atoms in total. The Morgan fingerprint density at radius 2 is 1.97 bits per heavy atom. The van der Waals surface area contributed by atoms with Gasteiger partial charge in [0.1, 0.15) is 5.75 Å². The van der Waals surface area contributed by atoms with Gasteiger partial charge in [-0.25, -0.2) is 0 Å². The fraction of sp³-hybridized carbons (Fsp3) is 0.348. The number of likely N-dealkylation sites (N-methyl/N-ethyl adjacent to an activating group) is 1. The van der Waals surface area contributed by atoms with Crippen molar-refractivity contribution in [3.05, 3.63) is 64.5 Å². The highest BCUT2D eigenvalue weighted by Crippen LogP contribution is 2.30. The summed E-state index contributed by atoms with van der Waals surface area (Å²) in [7, 11) is 1.70. The summed E-state index contributed by atoms with van der Waals surface area (Å²) in [6.45, 7) is 1.98. The summed E-state index contributed by atoms with van der Waals surface area (Å²) in [4.78, 5) is 18.7. The summed E-state index contributed by atoms with van der Waals surface area (Å²) >= 11 is 5.91. The first-order valence-corrected chi connectivity index (χ1v) is 10.5. The highest BCUT2D eigenvalue weighted by atomic mass is 35.5. The van der Waals surface area contributed by atoms with Crippen LogP contribution in [0.5, 0.6) is 5.75 Å². The molecule has 1 atom stereocenters. The molecule has 1 aromatic heterocycles. The van der Waals surface area contributed by atoms with E-state index >= 15 is 0 Å². The lowest BCUT2D eigenvalue weighted by molar-refractivity contribution is -0.137. The fourth-order valence-corrected chi connectivity index (χ4v) is 3.85. The van der Waals surface area contributed by atoms with Crippen molar-refractivity contribution < 1.29 is 14.1 Å². The molecule has 2 aromatic carbocycles. The van der Waals surface area contributed by atoms with Crippen molar-refractivity contribution in [1.82, 2.24) is 15.0 Å². The third kappa shape index (κ3) is 4.49. The van der Waals surface area contributed by atoms with E-state index in [2.05, 4.69) is 16.2 Å². The summed E-state index contributed by atoms with van der Waals surface area (Å²) in [5.74, 6) is 1.49. The predicted molar refractivity (Wildman–Crippen MR) is 114 cm³/mol. The van der Waals surface area contributed by atoms with Crippen LogP contribution in [0.3, 0.4) is 0 Å². The summed E-state index contributed by atoms with van der Waals surface area (Å²) in [6, 6.07) is 13.3. The monoisotopic (exact) mass is 425 g/mol. The average Bonchev–Trinajstić information content (AvgIpc) is 3.22. The molecule has 1 aliphatic rings. The predicted octanol–water partition coefficient (Wildman–Crippen LogP) is 4.69. The number of fused-ring (bicyclic) bond motifs is 1. The lowest BCUT2D eigenvalue weighted by Crippen LogP contribution is -2.37. The van der Waals surface area contributed by atoms with Gasteiger partial charge in [0.25, 0.3) is 5.91 Å². The largest absolute Gasteiger partial charge is 0.481 e. The van der Waals surface area contributed by atoms with E-state index in [-0.39, 0.29) is 12.5 Å². The van der Waals surface area contributed by atoms with E-state index in [1.54, 1.807) is 31.0 Å². The van der Waals surface area contributed by atoms with Crippen LogP contribution in [0.15, 0.2) is 47.0 Å². The van der Waals surface area contributed by atoms with Crippen LogP contribution in [0.4, 0.5) is 0 Å². The first-order chi connectivity index (χ1) is 14.5. The van der Waals surface area contributed by atoms with E-state index in [1.807, 2.05) is 24.3 Å². The topological polar surface area (TPSA) is 68.5 Å². The molecule has 0 radical (unpaired) electrons. The molecule has 1 amide bonds. The Morgan fingerprint density at radius 1 is 1.20 bits per heavy atom. The molecule has 156 valence electrons. The number of rotatable bonds is 6. The maximum Gasteiger partial charge on any atom is 0.263 e. The van der Waals surface area contributed by atoms with E-state index < -0.39 is 6.10 Å². The molecule has 1 heterocycles. The smallest absolute Gasteiger partial charge is 0.263 e. The summed E-state index contributed by atoms with van der Waals surface area (Å²) in [5, 5.41) is 4.63. The van der Waals surface area contributed by atoms with Crippen LogP contribution in [-0.4, -0.2) is 34.1 Å². The second kappa shape index (κ2) is 8.88. The van der Waals surface area contributed by atoms with Gasteiger partial charge in [0.05, 0.1) is 6.54 Å². The second-order valence-electron chi connectivity index (χ2n) is 7.57. The lowest BCUT2D eigenvalue weighted by atomic mass is 9.91. The number of ether oxygens (including phenoxy) is 1. The van der Waals surface area contributed by atoms with Crippen molar-refractivity contribution in [2.75, 3.05) is 7.05 Å². The molecule has 0 bridgehead atoms. The average molecular weight is 426 g/mol. The number of halogens is 1. The minimum absolute atomic E-state index is 0.144. The highest BCUT2D eigenvalue weighted by molar-refractivity contribution is 6.30. The number of carbonyl (C=O) groups excluding carboxylic acids is 1. The molecule has 0 unspecified atom stereocenters. The molecular formula is C23H24ClN3O3. The van der Waals surface area contributed by atoms with Crippen LogP contribution in [0, 0.1) is 0 Å². The number of benzene rings is 2. The quantitative estimate of drug-likeness (QED) is 0.572. The molecule has 0 spiro atoms. The molecule has 0 saturated heterocycles. The maximum atomic E-state index is 12.8. The molecule has 0 aliphatic heterocycles. The van der Waals surface area contributed by atoms with Gasteiger partial charge < -0.3 is 14.2 Å². The third-order valence-electron chi connectivity index (χ3n) is 5.32. The van der Waals surface area contributed by atoms with Crippen molar-refractivity contribution in [3.8, 4) is 17.1 Å². The fourth-order valence-electron chi connectivity index (χ4n) is 3.72. The van der Waals surface area contributed by atoms with E-state index in [9.17, 15) is 4.79 Å². The molecule has 0 fully saturated rings. The van der Waals surface area contributed by atoms with Gasteiger partial charge in [-0.15, -0.1) is 0 Å². The Bertz CT molecular complexity index is 1030. The normalized spacial score (nSPS) is 14.1. The third-order valence-corrected chi connectivity index (χ3v) is 5.58. The maximum absolute atomic E-state index is 12.8. The second-order valence-corrected chi connectivity index (χ2v) is 8.01. The Hall–Kier alpha value is -2.86. The van der Waals surface area contributed by atoms with Crippen molar-refractivity contribution in [3.63, 3.8) is 0 Å². The Kier molecular flexibility index (Phi) is 6.04. The SMILES string of the molecule is C[C@@H](Oc1cccc2c1CCCC2)C(=O)N(C)Cc1nc(-c2ccc(Cl)cc2)no1. The van der Waals surface area contributed by atoms with Crippen molar-refractivity contribution >= 4 is 17.5 Å². The molecule has 7 heteroatoms. The molecule has 0 N–H and O–H groups in total. The molecular weight excluding hydrogens is 402 g/mol. The number of hydrogen-bond donors (Lipinski definition) is 0. The number of nitrogens with zero attached hydrogens (tertiary/aromatic N) is 3. The van der Waals surface area contributed by atoms with Gasteiger partial charge in [0.2, 0.25) is 11.7 Å². The number of carbonyl (C=O) groups is 1. The van der Waals surface area contributed by atoms with Crippen LogP contribution in [-0.2, 0) is 24.2 Å². The molecule has 0 saturated carbocycles. The van der Waals surface area contributed by atoms with Crippen LogP contribution >= 0.6 is 11.6 Å². The van der Waals surface area contributed by atoms with Crippen molar-refractivity contribution in [2.45, 2.75) is 45.3 Å². The minimum Gasteiger partial charge on any atom is -0.481 e. The standard InChI is InChI=1S/C23H24ClN3O3/c1-15(29-20-9-5-7-16-6-3-4-8-19(16)20)23(28)27(2)14-21-25-22(26-30-21)17-10-12-18(24)13-11-17/h5,7,9-13,15H,3-4,6,8,14H2,1-2H3/t15-/m1/s1. The van der Waals surface area contributed by atoms with Gasteiger partial charge in [-0.05, 0) is 74.1 Å². The lowest BCUT2D eigenvalue weighted by Gasteiger charge is -2.24. The van der Waals surface area contributed by atoms with Crippen LogP contribution in [0.25, 0.3) is 11.4 Å². The van der Waals surface area contributed by atoms with Crippen LogP contribution in [0.1, 0.15) is 36.8 Å². The van der Waals surface area contributed by atoms with E-state index in [4.69, 9.17) is 20.9 Å². The molecule has 30 heavy (non-hydrogen) atoms. The van der Waals surface area contributed by atoms with Crippen molar-refractivity contribution in [2.24, 2.45) is 0 Å². The Morgan fingerprint density at radius 3 is 2.77 bits per heavy atom. The number of aromatic nitrogens is 2. The Balaban J connectivity index is 1.40. The highest BCUT2D eigenvalue weighted by Gasteiger charge is 2.23. The van der Waals surface area contributed by atoms with Gasteiger partial charge in [0.15, 0.2) is 6.10 Å². The first-order valence-electron chi connectivity index (χ1n) is 10.1. The summed E-state index contributed by atoms with van der Waals surface area (Å²) < 4.78 is 11.4. The molecule has 3 aromatic rings. The van der Waals surface area contributed by atoms with Gasteiger partial charge in [0, 0.05) is 17.6 Å². The summed E-state index contributed by atoms with van der Waals surface area (Å²) in [6.07, 6.45) is 3.82. The zero-order valence-electron chi connectivity index (χ0n) is 17.1. The minimum atomic E-state index is -0.609. The van der Waals surface area contributed by atoms with E-state index in [0.29, 0.717) is 16.7 Å². The van der Waals surface area contributed by atoms with Crippen LogP contribution in [0.2, 0.25) is 5.02 Å². The van der Waals surface area contributed by atoms with E-state index in [1.165, 1.54) is 17.5 Å². The number of aryl methyl sites for hydroxylation is 1.